The number of carbonyl (C=O) groups excluding carboxylic acids is 1. The standard InChI is InChI=1S/C22H20ClNO4S/c1-16-11-12-17(2)21(13-16)24(29(26,27)20-9-4-3-5-10-20)22(25)15-28-19-8-6-7-18(23)14-19/h3-14H,15H2,1-2H3. The lowest BCUT2D eigenvalue weighted by molar-refractivity contribution is -0.119. The van der Waals surface area contributed by atoms with Gasteiger partial charge < -0.3 is 4.74 Å². The summed E-state index contributed by atoms with van der Waals surface area (Å²) in [6.07, 6.45) is 0. The maximum Gasteiger partial charge on any atom is 0.278 e. The number of anilines is 1. The quantitative estimate of drug-likeness (QED) is 0.566. The molecule has 0 saturated carbocycles. The molecule has 5 nitrogen and oxygen atoms in total. The average Bonchev–Trinajstić information content (AvgIpc) is 2.70. The van der Waals surface area contributed by atoms with E-state index in [9.17, 15) is 13.2 Å². The van der Waals surface area contributed by atoms with Crippen molar-refractivity contribution in [3.05, 3.63) is 88.9 Å². The first-order chi connectivity index (χ1) is 13.8. The van der Waals surface area contributed by atoms with Gasteiger partial charge in [-0.05, 0) is 61.4 Å². The Morgan fingerprint density at radius 2 is 1.69 bits per heavy atom. The lowest BCUT2D eigenvalue weighted by Crippen LogP contribution is -2.40. The predicted molar refractivity (Wildman–Crippen MR) is 114 cm³/mol. The van der Waals surface area contributed by atoms with Crippen LogP contribution in [0.15, 0.2) is 77.7 Å². The van der Waals surface area contributed by atoms with Crippen LogP contribution in [0.1, 0.15) is 11.1 Å². The van der Waals surface area contributed by atoms with E-state index in [2.05, 4.69) is 0 Å². The van der Waals surface area contributed by atoms with E-state index in [-0.39, 0.29) is 4.90 Å². The fourth-order valence-corrected chi connectivity index (χ4v) is 4.46. The number of amides is 1. The normalized spacial score (nSPS) is 11.1. The Hall–Kier alpha value is -2.83. The molecule has 0 spiro atoms. The SMILES string of the molecule is Cc1ccc(C)c(N(C(=O)COc2cccc(Cl)c2)S(=O)(=O)c2ccccc2)c1. The molecule has 150 valence electrons. The Labute approximate surface area is 175 Å². The van der Waals surface area contributed by atoms with Gasteiger partial charge in [-0.2, -0.15) is 4.31 Å². The van der Waals surface area contributed by atoms with Gasteiger partial charge >= 0.3 is 0 Å². The van der Waals surface area contributed by atoms with Crippen LogP contribution in [0.5, 0.6) is 5.75 Å². The van der Waals surface area contributed by atoms with Crippen molar-refractivity contribution in [1.82, 2.24) is 0 Å². The average molecular weight is 430 g/mol. The van der Waals surface area contributed by atoms with Crippen LogP contribution in [0.25, 0.3) is 0 Å². The molecule has 7 heteroatoms. The Kier molecular flexibility index (Phi) is 6.25. The van der Waals surface area contributed by atoms with E-state index in [4.69, 9.17) is 16.3 Å². The zero-order valence-electron chi connectivity index (χ0n) is 16.0. The minimum Gasteiger partial charge on any atom is -0.484 e. The molecule has 3 rings (SSSR count). The molecule has 0 unspecified atom stereocenters. The molecular weight excluding hydrogens is 410 g/mol. The second-order valence-corrected chi connectivity index (χ2v) is 8.74. The van der Waals surface area contributed by atoms with E-state index in [0.717, 1.165) is 9.87 Å². The van der Waals surface area contributed by atoms with Gasteiger partial charge in [0.2, 0.25) is 0 Å². The monoisotopic (exact) mass is 429 g/mol. The van der Waals surface area contributed by atoms with Crippen molar-refractivity contribution < 1.29 is 17.9 Å². The van der Waals surface area contributed by atoms with Crippen LogP contribution in [0.4, 0.5) is 5.69 Å². The van der Waals surface area contributed by atoms with Gasteiger partial charge in [0.05, 0.1) is 10.6 Å². The summed E-state index contributed by atoms with van der Waals surface area (Å²) in [5.74, 6) is -0.327. The van der Waals surface area contributed by atoms with E-state index >= 15 is 0 Å². The molecule has 0 atom stereocenters. The van der Waals surface area contributed by atoms with Crippen LogP contribution >= 0.6 is 11.6 Å². The van der Waals surface area contributed by atoms with Crippen molar-refractivity contribution in [1.29, 1.82) is 0 Å². The third-order valence-electron chi connectivity index (χ3n) is 4.25. The number of sulfonamides is 1. The molecule has 0 aliphatic carbocycles. The number of benzene rings is 3. The van der Waals surface area contributed by atoms with Crippen LogP contribution in [-0.4, -0.2) is 20.9 Å². The van der Waals surface area contributed by atoms with Gasteiger partial charge in [-0.1, -0.05) is 48.0 Å². The van der Waals surface area contributed by atoms with Crippen LogP contribution in [0, 0.1) is 13.8 Å². The van der Waals surface area contributed by atoms with Crippen molar-refractivity contribution in [3.63, 3.8) is 0 Å². The van der Waals surface area contributed by atoms with Gasteiger partial charge in [0.15, 0.2) is 6.61 Å². The lowest BCUT2D eigenvalue weighted by Gasteiger charge is -2.24. The Bertz CT molecular complexity index is 1130. The highest BCUT2D eigenvalue weighted by molar-refractivity contribution is 7.93. The van der Waals surface area contributed by atoms with Gasteiger partial charge in [0.25, 0.3) is 15.9 Å². The first-order valence-corrected chi connectivity index (χ1v) is 10.7. The highest BCUT2D eigenvalue weighted by Gasteiger charge is 2.32. The fourth-order valence-electron chi connectivity index (χ4n) is 2.79. The van der Waals surface area contributed by atoms with Crippen molar-refractivity contribution in [2.75, 3.05) is 10.9 Å². The summed E-state index contributed by atoms with van der Waals surface area (Å²) in [5, 5.41) is 0.457. The van der Waals surface area contributed by atoms with Crippen LogP contribution in [-0.2, 0) is 14.8 Å². The van der Waals surface area contributed by atoms with Crippen molar-refractivity contribution in [2.45, 2.75) is 18.7 Å². The minimum atomic E-state index is -4.13. The van der Waals surface area contributed by atoms with Crippen LogP contribution in [0.3, 0.4) is 0 Å². The van der Waals surface area contributed by atoms with E-state index in [0.29, 0.717) is 22.0 Å². The third-order valence-corrected chi connectivity index (χ3v) is 6.23. The Morgan fingerprint density at radius 3 is 2.38 bits per heavy atom. The molecule has 0 heterocycles. The zero-order chi connectivity index (χ0) is 21.0. The van der Waals surface area contributed by atoms with Crippen LogP contribution in [0.2, 0.25) is 5.02 Å². The second-order valence-electron chi connectivity index (χ2n) is 6.51. The summed E-state index contributed by atoms with van der Waals surface area (Å²) in [6, 6.07) is 19.7. The van der Waals surface area contributed by atoms with Gasteiger partial charge in [-0.25, -0.2) is 8.42 Å². The number of hydrogen-bond donors (Lipinski definition) is 0. The maximum atomic E-state index is 13.3. The number of halogens is 1. The largest absolute Gasteiger partial charge is 0.484 e. The predicted octanol–water partition coefficient (Wildman–Crippen LogP) is 4.76. The molecule has 3 aromatic rings. The summed E-state index contributed by atoms with van der Waals surface area (Å²) in [7, 11) is -4.13. The van der Waals surface area contributed by atoms with Gasteiger partial charge in [-0.3, -0.25) is 4.79 Å². The summed E-state index contributed by atoms with van der Waals surface area (Å²) in [5.41, 5.74) is 1.79. The summed E-state index contributed by atoms with van der Waals surface area (Å²) in [6.45, 7) is 3.14. The van der Waals surface area contributed by atoms with Crippen molar-refractivity contribution in [3.8, 4) is 5.75 Å². The molecule has 0 aromatic heterocycles. The number of rotatable bonds is 6. The molecule has 0 N–H and O–H groups in total. The highest BCUT2D eigenvalue weighted by atomic mass is 35.5. The molecule has 0 radical (unpaired) electrons. The van der Waals surface area contributed by atoms with E-state index in [1.165, 1.54) is 12.1 Å². The molecular formula is C22H20ClNO4S. The van der Waals surface area contributed by atoms with Gasteiger partial charge in [0.1, 0.15) is 5.75 Å². The summed E-state index contributed by atoms with van der Waals surface area (Å²) >= 11 is 5.94. The lowest BCUT2D eigenvalue weighted by atomic mass is 10.1. The smallest absolute Gasteiger partial charge is 0.278 e. The summed E-state index contributed by atoms with van der Waals surface area (Å²) in [4.78, 5) is 13.1. The first-order valence-electron chi connectivity index (χ1n) is 8.88. The maximum absolute atomic E-state index is 13.3. The van der Waals surface area contributed by atoms with E-state index in [1.54, 1.807) is 61.5 Å². The molecule has 0 bridgehead atoms. The molecule has 0 fully saturated rings. The fraction of sp³-hybridized carbons (Fsp3) is 0.136. The molecule has 29 heavy (non-hydrogen) atoms. The van der Waals surface area contributed by atoms with Gasteiger partial charge in [0, 0.05) is 5.02 Å². The van der Waals surface area contributed by atoms with Crippen molar-refractivity contribution >= 4 is 33.2 Å². The Morgan fingerprint density at radius 1 is 0.966 bits per heavy atom. The number of hydrogen-bond acceptors (Lipinski definition) is 4. The molecule has 0 aliphatic rings. The van der Waals surface area contributed by atoms with Crippen molar-refractivity contribution in [2.24, 2.45) is 0 Å². The van der Waals surface area contributed by atoms with E-state index in [1.807, 2.05) is 13.0 Å². The van der Waals surface area contributed by atoms with E-state index < -0.39 is 22.5 Å². The number of aryl methyl sites for hydroxylation is 2. The molecule has 0 aliphatic heterocycles. The van der Waals surface area contributed by atoms with Gasteiger partial charge in [-0.15, -0.1) is 0 Å². The second kappa shape index (κ2) is 8.68. The van der Waals surface area contributed by atoms with Crippen LogP contribution < -0.4 is 9.04 Å². The molecule has 0 saturated heterocycles. The third kappa shape index (κ3) is 4.78. The Balaban J connectivity index is 2.01. The molecule has 3 aromatic carbocycles. The summed E-state index contributed by atoms with van der Waals surface area (Å²) < 4.78 is 33.0. The zero-order valence-corrected chi connectivity index (χ0v) is 17.6. The number of ether oxygens (including phenoxy) is 1. The minimum absolute atomic E-state index is 0.0250. The highest BCUT2D eigenvalue weighted by Crippen LogP contribution is 2.28. The molecule has 1 amide bonds. The first kappa shape index (κ1) is 20.9. The number of carbonyl (C=O) groups is 1. The number of nitrogens with zero attached hydrogens (tertiary/aromatic N) is 1. The topological polar surface area (TPSA) is 63.7 Å².